The first kappa shape index (κ1) is 13.5. The zero-order chi connectivity index (χ0) is 13.7. The lowest BCUT2D eigenvalue weighted by atomic mass is 10.1. The number of H-pyrrole nitrogens is 1. The Morgan fingerprint density at radius 3 is 3.11 bits per heavy atom. The number of benzene rings is 1. The number of imidazole rings is 1. The Bertz CT molecular complexity index is 550. The second-order valence-electron chi connectivity index (χ2n) is 4.51. The number of methoxy groups -OCH3 is 1. The number of hydrogen-bond donors (Lipinski definition) is 2. The Kier molecular flexibility index (Phi) is 4.52. The number of aromatic amines is 1. The van der Waals surface area contributed by atoms with Crippen molar-refractivity contribution in [3.8, 4) is 0 Å². The minimum atomic E-state index is -0.154. The molecular formula is C14H19N3O2. The van der Waals surface area contributed by atoms with Crippen molar-refractivity contribution in [2.45, 2.75) is 19.9 Å². The maximum Gasteiger partial charge on any atom is 0.309 e. The Balaban J connectivity index is 1.89. The predicted octanol–water partition coefficient (Wildman–Crippen LogP) is 1.85. The first-order valence-electron chi connectivity index (χ1n) is 6.45. The molecule has 0 bridgehead atoms. The molecule has 1 unspecified atom stereocenters. The quantitative estimate of drug-likeness (QED) is 0.779. The molecule has 5 nitrogen and oxygen atoms in total. The molecule has 19 heavy (non-hydrogen) atoms. The molecule has 5 heteroatoms. The van der Waals surface area contributed by atoms with E-state index in [2.05, 4.69) is 21.4 Å². The van der Waals surface area contributed by atoms with Crippen LogP contribution in [0, 0.1) is 5.92 Å². The number of hydrogen-bond acceptors (Lipinski definition) is 4. The average Bonchev–Trinajstić information content (AvgIpc) is 2.90. The lowest BCUT2D eigenvalue weighted by Crippen LogP contribution is -2.28. The third-order valence-electron chi connectivity index (χ3n) is 3.23. The fraction of sp³-hybridized carbons (Fsp3) is 0.429. The molecule has 1 atom stereocenters. The number of nitrogens with one attached hydrogen (secondary N) is 2. The van der Waals surface area contributed by atoms with Gasteiger partial charge in [-0.25, -0.2) is 4.98 Å². The van der Waals surface area contributed by atoms with E-state index >= 15 is 0 Å². The molecule has 0 saturated heterocycles. The number of aromatic nitrogens is 2. The molecule has 2 N–H and O–H groups in total. The number of fused-ring (bicyclic) bond motifs is 1. The van der Waals surface area contributed by atoms with E-state index in [0.717, 1.165) is 29.6 Å². The highest BCUT2D eigenvalue weighted by Crippen LogP contribution is 2.11. The summed E-state index contributed by atoms with van der Waals surface area (Å²) in [6.45, 7) is 3.34. The van der Waals surface area contributed by atoms with Gasteiger partial charge in [-0.15, -0.1) is 0 Å². The van der Waals surface area contributed by atoms with Crippen molar-refractivity contribution in [3.05, 3.63) is 30.1 Å². The van der Waals surface area contributed by atoms with Crippen LogP contribution in [0.4, 0.5) is 0 Å². The molecule has 2 rings (SSSR count). The molecule has 0 amide bonds. The monoisotopic (exact) mass is 261 g/mol. The molecule has 0 aliphatic carbocycles. The van der Waals surface area contributed by atoms with Crippen molar-refractivity contribution in [3.63, 3.8) is 0 Å². The lowest BCUT2D eigenvalue weighted by Gasteiger charge is -2.13. The van der Waals surface area contributed by atoms with Crippen LogP contribution < -0.4 is 5.32 Å². The van der Waals surface area contributed by atoms with E-state index in [-0.39, 0.29) is 11.9 Å². The third-order valence-corrected chi connectivity index (χ3v) is 3.23. The van der Waals surface area contributed by atoms with Gasteiger partial charge in [0.15, 0.2) is 0 Å². The molecule has 0 aliphatic rings. The Hall–Kier alpha value is -1.88. The number of carbonyl (C=O) groups excluding carboxylic acids is 1. The Labute approximate surface area is 112 Å². The van der Waals surface area contributed by atoms with E-state index in [1.165, 1.54) is 7.11 Å². The van der Waals surface area contributed by atoms with Gasteiger partial charge >= 0.3 is 5.97 Å². The van der Waals surface area contributed by atoms with Crippen LogP contribution in [0.3, 0.4) is 0 Å². The lowest BCUT2D eigenvalue weighted by molar-refractivity contribution is -0.145. The van der Waals surface area contributed by atoms with Gasteiger partial charge in [0.05, 0.1) is 30.4 Å². The Morgan fingerprint density at radius 2 is 2.37 bits per heavy atom. The van der Waals surface area contributed by atoms with Gasteiger partial charge in [-0.3, -0.25) is 4.79 Å². The van der Waals surface area contributed by atoms with E-state index in [1.54, 1.807) is 6.33 Å². The van der Waals surface area contributed by atoms with Crippen LogP contribution >= 0.6 is 0 Å². The van der Waals surface area contributed by atoms with Crippen molar-refractivity contribution in [1.82, 2.24) is 15.3 Å². The summed E-state index contributed by atoms with van der Waals surface area (Å²) in [5.74, 6) is -0.236. The summed E-state index contributed by atoms with van der Waals surface area (Å²) in [5.41, 5.74) is 3.15. The molecule has 1 aromatic heterocycles. The number of rotatable bonds is 6. The van der Waals surface area contributed by atoms with Crippen molar-refractivity contribution in [1.29, 1.82) is 0 Å². The van der Waals surface area contributed by atoms with Crippen LogP contribution in [0.1, 0.15) is 18.9 Å². The average molecular weight is 261 g/mol. The van der Waals surface area contributed by atoms with Gasteiger partial charge in [-0.1, -0.05) is 13.0 Å². The second-order valence-corrected chi connectivity index (χ2v) is 4.51. The van der Waals surface area contributed by atoms with E-state index < -0.39 is 0 Å². The standard InChI is InChI=1S/C14H19N3O2/c1-3-11(14(18)19-2)8-15-7-10-4-5-12-13(6-10)17-9-16-12/h4-6,9,11,15H,3,7-8H2,1-2H3,(H,16,17). The van der Waals surface area contributed by atoms with Gasteiger partial charge in [0.2, 0.25) is 0 Å². The summed E-state index contributed by atoms with van der Waals surface area (Å²) >= 11 is 0. The van der Waals surface area contributed by atoms with Crippen LogP contribution in [0.2, 0.25) is 0 Å². The van der Waals surface area contributed by atoms with Crippen LogP contribution in [0.25, 0.3) is 11.0 Å². The van der Waals surface area contributed by atoms with Gasteiger partial charge < -0.3 is 15.0 Å². The van der Waals surface area contributed by atoms with E-state index in [1.807, 2.05) is 19.1 Å². The smallest absolute Gasteiger partial charge is 0.309 e. The molecule has 0 aliphatic heterocycles. The summed E-state index contributed by atoms with van der Waals surface area (Å²) in [7, 11) is 1.43. The van der Waals surface area contributed by atoms with E-state index in [0.29, 0.717) is 6.54 Å². The van der Waals surface area contributed by atoms with Crippen molar-refractivity contribution in [2.24, 2.45) is 5.92 Å². The number of esters is 1. The van der Waals surface area contributed by atoms with E-state index in [9.17, 15) is 4.79 Å². The van der Waals surface area contributed by atoms with Crippen LogP contribution in [0.15, 0.2) is 24.5 Å². The van der Waals surface area contributed by atoms with Gasteiger partial charge in [0, 0.05) is 13.1 Å². The molecule has 1 aromatic carbocycles. The maximum absolute atomic E-state index is 11.5. The molecule has 0 fully saturated rings. The van der Waals surface area contributed by atoms with Gasteiger partial charge in [-0.05, 0) is 24.1 Å². The summed E-state index contributed by atoms with van der Waals surface area (Å²) in [4.78, 5) is 18.7. The van der Waals surface area contributed by atoms with Crippen LogP contribution in [-0.2, 0) is 16.1 Å². The first-order chi connectivity index (χ1) is 9.24. The van der Waals surface area contributed by atoms with Gasteiger partial charge in [0.25, 0.3) is 0 Å². The summed E-state index contributed by atoms with van der Waals surface area (Å²) < 4.78 is 4.76. The fourth-order valence-electron chi connectivity index (χ4n) is 2.04. The first-order valence-corrected chi connectivity index (χ1v) is 6.45. The maximum atomic E-state index is 11.5. The number of ether oxygens (including phenoxy) is 1. The molecule has 2 aromatic rings. The normalized spacial score (nSPS) is 12.5. The molecule has 1 heterocycles. The van der Waals surface area contributed by atoms with Crippen molar-refractivity contribution in [2.75, 3.05) is 13.7 Å². The summed E-state index contributed by atoms with van der Waals surface area (Å²) in [6.07, 6.45) is 2.46. The molecule has 0 spiro atoms. The summed E-state index contributed by atoms with van der Waals surface area (Å²) in [5, 5.41) is 3.29. The van der Waals surface area contributed by atoms with E-state index in [4.69, 9.17) is 4.74 Å². The highest BCUT2D eigenvalue weighted by molar-refractivity contribution is 5.75. The highest BCUT2D eigenvalue weighted by Gasteiger charge is 2.15. The Morgan fingerprint density at radius 1 is 1.53 bits per heavy atom. The molecular weight excluding hydrogens is 242 g/mol. The van der Waals surface area contributed by atoms with Crippen LogP contribution in [-0.4, -0.2) is 29.6 Å². The minimum absolute atomic E-state index is 0.0825. The zero-order valence-electron chi connectivity index (χ0n) is 11.3. The number of carbonyl (C=O) groups is 1. The SMILES string of the molecule is CCC(CNCc1ccc2nc[nH]c2c1)C(=O)OC. The molecule has 0 radical (unpaired) electrons. The molecule has 0 saturated carbocycles. The zero-order valence-corrected chi connectivity index (χ0v) is 11.3. The summed E-state index contributed by atoms with van der Waals surface area (Å²) in [6, 6.07) is 6.09. The minimum Gasteiger partial charge on any atom is -0.469 e. The van der Waals surface area contributed by atoms with Gasteiger partial charge in [-0.2, -0.15) is 0 Å². The van der Waals surface area contributed by atoms with Crippen molar-refractivity contribution < 1.29 is 9.53 Å². The van der Waals surface area contributed by atoms with Crippen molar-refractivity contribution >= 4 is 17.0 Å². The second kappa shape index (κ2) is 6.33. The topological polar surface area (TPSA) is 67.0 Å². The predicted molar refractivity (Wildman–Crippen MR) is 73.6 cm³/mol. The molecule has 102 valence electrons. The third kappa shape index (κ3) is 3.32. The van der Waals surface area contributed by atoms with Gasteiger partial charge in [0.1, 0.15) is 0 Å². The highest BCUT2D eigenvalue weighted by atomic mass is 16.5. The fourth-order valence-corrected chi connectivity index (χ4v) is 2.04. The van der Waals surface area contributed by atoms with Crippen LogP contribution in [0.5, 0.6) is 0 Å². The number of nitrogens with zero attached hydrogens (tertiary/aromatic N) is 1. The largest absolute Gasteiger partial charge is 0.469 e.